The zero-order chi connectivity index (χ0) is 14.6. The fourth-order valence-electron chi connectivity index (χ4n) is 1.52. The van der Waals surface area contributed by atoms with Crippen LogP contribution in [-0.2, 0) is 0 Å². The molecule has 1 aromatic carbocycles. The molecule has 2 rings (SSSR count). The van der Waals surface area contributed by atoms with Crippen LogP contribution in [0.15, 0.2) is 41.1 Å². The zero-order valence-corrected chi connectivity index (χ0v) is 13.1. The highest BCUT2D eigenvalue weighted by atomic mass is 79.9. The number of halogens is 1. The third kappa shape index (κ3) is 4.79. The number of aromatic nitrogens is 2. The van der Waals surface area contributed by atoms with Gasteiger partial charge in [-0.1, -0.05) is 15.9 Å². The van der Waals surface area contributed by atoms with Gasteiger partial charge in [0.2, 0.25) is 0 Å². The highest BCUT2D eigenvalue weighted by Crippen LogP contribution is 2.19. The van der Waals surface area contributed by atoms with Gasteiger partial charge in [-0.3, -0.25) is 0 Å². The minimum absolute atomic E-state index is 0.287. The fraction of sp³-hybridized carbons (Fsp3) is 0.286. The third-order valence-corrected chi connectivity index (χ3v) is 3.04. The average molecular weight is 336 g/mol. The van der Waals surface area contributed by atoms with Crippen molar-refractivity contribution in [3.63, 3.8) is 0 Å². The lowest BCUT2D eigenvalue weighted by Crippen LogP contribution is -2.39. The Morgan fingerprint density at radius 2 is 1.80 bits per heavy atom. The molecule has 4 N–H and O–H groups in total. The van der Waals surface area contributed by atoms with Gasteiger partial charge in [-0.25, -0.2) is 9.97 Å². The zero-order valence-electron chi connectivity index (χ0n) is 11.5. The Kier molecular flexibility index (Phi) is 4.57. The van der Waals surface area contributed by atoms with Crippen molar-refractivity contribution < 1.29 is 0 Å². The van der Waals surface area contributed by atoms with Crippen LogP contribution in [-0.4, -0.2) is 22.1 Å². The molecule has 20 heavy (non-hydrogen) atoms. The first-order valence-corrected chi connectivity index (χ1v) is 7.09. The van der Waals surface area contributed by atoms with Crippen LogP contribution in [0.4, 0.5) is 17.3 Å². The number of rotatable bonds is 5. The molecule has 0 fully saturated rings. The van der Waals surface area contributed by atoms with Crippen LogP contribution in [0.5, 0.6) is 0 Å². The minimum Gasteiger partial charge on any atom is -0.368 e. The predicted octanol–water partition coefficient (Wildman–Crippen LogP) is 3.13. The lowest BCUT2D eigenvalue weighted by atomic mass is 10.1. The molecule has 0 radical (unpaired) electrons. The molecular weight excluding hydrogens is 318 g/mol. The first kappa shape index (κ1) is 14.7. The molecule has 6 heteroatoms. The molecule has 106 valence electrons. The summed E-state index contributed by atoms with van der Waals surface area (Å²) < 4.78 is 1.04. The van der Waals surface area contributed by atoms with Crippen molar-refractivity contribution in [2.75, 3.05) is 17.2 Å². The van der Waals surface area contributed by atoms with Gasteiger partial charge >= 0.3 is 0 Å². The number of nitrogens with zero attached hydrogens (tertiary/aromatic N) is 2. The maximum absolute atomic E-state index is 5.93. The Hall–Kier alpha value is -1.66. The summed E-state index contributed by atoms with van der Waals surface area (Å²) in [6.45, 7) is 4.56. The van der Waals surface area contributed by atoms with Crippen LogP contribution in [0.25, 0.3) is 0 Å². The van der Waals surface area contributed by atoms with Crippen molar-refractivity contribution in [1.82, 2.24) is 9.97 Å². The SMILES string of the molecule is CC(C)(N)CNc1cc(Nc2ccc(Br)cc2)ncn1. The Morgan fingerprint density at radius 3 is 2.45 bits per heavy atom. The topological polar surface area (TPSA) is 75.9 Å². The molecule has 0 saturated heterocycles. The van der Waals surface area contributed by atoms with Crippen molar-refractivity contribution in [1.29, 1.82) is 0 Å². The molecule has 1 aromatic heterocycles. The standard InChI is InChI=1S/C14H18BrN5/c1-14(2,16)8-17-12-7-13(19-9-18-12)20-11-5-3-10(15)4-6-11/h3-7,9H,8,16H2,1-2H3,(H2,17,18,19,20). The van der Waals surface area contributed by atoms with E-state index in [0.29, 0.717) is 6.54 Å². The number of anilines is 3. The second-order valence-corrected chi connectivity index (χ2v) is 6.18. The molecule has 0 saturated carbocycles. The maximum Gasteiger partial charge on any atom is 0.135 e. The van der Waals surface area contributed by atoms with E-state index in [1.165, 1.54) is 6.33 Å². The number of nitrogens with one attached hydrogen (secondary N) is 2. The fourth-order valence-corrected chi connectivity index (χ4v) is 1.79. The van der Waals surface area contributed by atoms with Crippen molar-refractivity contribution in [2.45, 2.75) is 19.4 Å². The predicted molar refractivity (Wildman–Crippen MR) is 86.2 cm³/mol. The first-order valence-electron chi connectivity index (χ1n) is 6.30. The summed E-state index contributed by atoms with van der Waals surface area (Å²) in [6, 6.07) is 9.75. The van der Waals surface area contributed by atoms with Gasteiger partial charge in [0.05, 0.1) is 0 Å². The van der Waals surface area contributed by atoms with Gasteiger partial charge in [0.25, 0.3) is 0 Å². The molecule has 5 nitrogen and oxygen atoms in total. The summed E-state index contributed by atoms with van der Waals surface area (Å²) in [5, 5.41) is 6.42. The maximum atomic E-state index is 5.93. The highest BCUT2D eigenvalue weighted by Gasteiger charge is 2.10. The van der Waals surface area contributed by atoms with E-state index < -0.39 is 0 Å². The van der Waals surface area contributed by atoms with Gasteiger partial charge in [0, 0.05) is 28.3 Å². The molecular formula is C14H18BrN5. The van der Waals surface area contributed by atoms with E-state index in [0.717, 1.165) is 21.8 Å². The van der Waals surface area contributed by atoms with E-state index in [9.17, 15) is 0 Å². The van der Waals surface area contributed by atoms with E-state index >= 15 is 0 Å². The van der Waals surface area contributed by atoms with E-state index in [4.69, 9.17) is 5.73 Å². The summed E-state index contributed by atoms with van der Waals surface area (Å²) in [5.74, 6) is 1.48. The van der Waals surface area contributed by atoms with Crippen molar-refractivity contribution >= 4 is 33.3 Å². The van der Waals surface area contributed by atoms with Gasteiger partial charge in [-0.15, -0.1) is 0 Å². The smallest absolute Gasteiger partial charge is 0.135 e. The molecule has 0 bridgehead atoms. The van der Waals surface area contributed by atoms with Crippen LogP contribution in [0.1, 0.15) is 13.8 Å². The molecule has 1 heterocycles. The Bertz CT molecular complexity index is 563. The third-order valence-electron chi connectivity index (χ3n) is 2.51. The van der Waals surface area contributed by atoms with E-state index in [2.05, 4.69) is 36.5 Å². The second-order valence-electron chi connectivity index (χ2n) is 5.26. The summed E-state index contributed by atoms with van der Waals surface area (Å²) in [5.41, 5.74) is 6.62. The van der Waals surface area contributed by atoms with Crippen LogP contribution in [0.3, 0.4) is 0 Å². The van der Waals surface area contributed by atoms with Crippen LogP contribution < -0.4 is 16.4 Å². The lowest BCUT2D eigenvalue weighted by molar-refractivity contribution is 0.548. The van der Waals surface area contributed by atoms with Crippen LogP contribution >= 0.6 is 15.9 Å². The molecule has 0 aliphatic carbocycles. The first-order chi connectivity index (χ1) is 9.42. The molecule has 0 unspecified atom stereocenters. The largest absolute Gasteiger partial charge is 0.368 e. The van der Waals surface area contributed by atoms with Gasteiger partial charge < -0.3 is 16.4 Å². The summed E-state index contributed by atoms with van der Waals surface area (Å²) >= 11 is 3.41. The van der Waals surface area contributed by atoms with Crippen LogP contribution in [0, 0.1) is 0 Å². The van der Waals surface area contributed by atoms with Gasteiger partial charge in [-0.2, -0.15) is 0 Å². The normalized spacial score (nSPS) is 11.2. The number of nitrogens with two attached hydrogens (primary N) is 1. The Morgan fingerprint density at radius 1 is 1.15 bits per heavy atom. The van der Waals surface area contributed by atoms with Crippen LogP contribution in [0.2, 0.25) is 0 Å². The monoisotopic (exact) mass is 335 g/mol. The van der Waals surface area contributed by atoms with E-state index in [1.54, 1.807) is 0 Å². The lowest BCUT2D eigenvalue weighted by Gasteiger charge is -2.19. The minimum atomic E-state index is -0.287. The van der Waals surface area contributed by atoms with Crippen molar-refractivity contribution in [2.24, 2.45) is 5.73 Å². The molecule has 2 aromatic rings. The number of hydrogen-bond acceptors (Lipinski definition) is 5. The number of benzene rings is 1. The van der Waals surface area contributed by atoms with Gasteiger partial charge in [0.15, 0.2) is 0 Å². The average Bonchev–Trinajstić information content (AvgIpc) is 2.39. The van der Waals surface area contributed by atoms with Gasteiger partial charge in [-0.05, 0) is 38.1 Å². The quantitative estimate of drug-likeness (QED) is 0.782. The molecule has 0 amide bonds. The summed E-state index contributed by atoms with van der Waals surface area (Å²) in [6.07, 6.45) is 1.52. The molecule has 0 aliphatic rings. The molecule has 0 atom stereocenters. The Balaban J connectivity index is 2.04. The summed E-state index contributed by atoms with van der Waals surface area (Å²) in [7, 11) is 0. The van der Waals surface area contributed by atoms with Crippen molar-refractivity contribution in [3.8, 4) is 0 Å². The summed E-state index contributed by atoms with van der Waals surface area (Å²) in [4.78, 5) is 8.37. The van der Waals surface area contributed by atoms with E-state index in [1.807, 2.05) is 44.2 Å². The number of hydrogen-bond donors (Lipinski definition) is 3. The second kappa shape index (κ2) is 6.19. The molecule has 0 aliphatic heterocycles. The van der Waals surface area contributed by atoms with Crippen molar-refractivity contribution in [3.05, 3.63) is 41.1 Å². The van der Waals surface area contributed by atoms with Gasteiger partial charge in [0.1, 0.15) is 18.0 Å². The highest BCUT2D eigenvalue weighted by molar-refractivity contribution is 9.10. The Labute approximate surface area is 127 Å². The molecule has 0 spiro atoms. The van der Waals surface area contributed by atoms with E-state index in [-0.39, 0.29) is 5.54 Å².